The molecular weight excluding hydrogens is 382 g/mol. The maximum Gasteiger partial charge on any atom is 0.262 e. The highest BCUT2D eigenvalue weighted by atomic mass is 35.5. The molecule has 1 atom stereocenters. The lowest BCUT2D eigenvalue weighted by atomic mass is 10.0. The van der Waals surface area contributed by atoms with Gasteiger partial charge in [0.05, 0.1) is 6.21 Å². The van der Waals surface area contributed by atoms with Crippen LogP contribution in [0.25, 0.3) is 0 Å². The largest absolute Gasteiger partial charge is 0.454 e. The molecule has 1 heterocycles. The first-order valence-corrected chi connectivity index (χ1v) is 9.11. The number of hydrogen-bond acceptors (Lipinski definition) is 5. The summed E-state index contributed by atoms with van der Waals surface area (Å²) in [6.45, 7) is 3.80. The number of hydrogen-bond donors (Lipinski definition) is 2. The monoisotopic (exact) mass is 401 g/mol. The molecule has 0 bridgehead atoms. The number of nitrogens with zero attached hydrogens (tertiary/aromatic N) is 1. The third-order valence-corrected chi connectivity index (χ3v) is 4.50. The lowest BCUT2D eigenvalue weighted by Crippen LogP contribution is -2.48. The van der Waals surface area contributed by atoms with Crippen LogP contribution in [0.4, 0.5) is 0 Å². The Labute approximate surface area is 167 Å². The molecule has 146 valence electrons. The molecule has 7 nitrogen and oxygen atoms in total. The number of rotatable bonds is 6. The van der Waals surface area contributed by atoms with E-state index in [1.54, 1.807) is 36.4 Å². The van der Waals surface area contributed by atoms with Crippen LogP contribution in [0.15, 0.2) is 47.6 Å². The van der Waals surface area contributed by atoms with E-state index < -0.39 is 11.9 Å². The molecule has 0 radical (unpaired) electrons. The summed E-state index contributed by atoms with van der Waals surface area (Å²) < 4.78 is 10.5. The van der Waals surface area contributed by atoms with Gasteiger partial charge in [0.2, 0.25) is 6.79 Å². The predicted octanol–water partition coefficient (Wildman–Crippen LogP) is 2.97. The van der Waals surface area contributed by atoms with Crippen LogP contribution in [0.1, 0.15) is 29.8 Å². The van der Waals surface area contributed by atoms with E-state index in [-0.39, 0.29) is 18.6 Å². The van der Waals surface area contributed by atoms with Crippen molar-refractivity contribution >= 4 is 29.6 Å². The van der Waals surface area contributed by atoms with Crippen LogP contribution in [0.2, 0.25) is 5.02 Å². The van der Waals surface area contributed by atoms with Gasteiger partial charge in [-0.15, -0.1) is 0 Å². The normalized spacial score (nSPS) is 13.6. The molecule has 3 rings (SSSR count). The number of halogens is 1. The molecule has 2 aromatic rings. The highest BCUT2D eigenvalue weighted by Gasteiger charge is 2.25. The summed E-state index contributed by atoms with van der Waals surface area (Å²) in [6.07, 6.45) is 1.46. The van der Waals surface area contributed by atoms with Gasteiger partial charge in [0.25, 0.3) is 11.8 Å². The number of carbonyl (C=O) groups is 2. The first kappa shape index (κ1) is 19.7. The molecule has 0 spiro atoms. The summed E-state index contributed by atoms with van der Waals surface area (Å²) in [4.78, 5) is 25.1. The van der Waals surface area contributed by atoms with E-state index >= 15 is 0 Å². The Morgan fingerprint density at radius 2 is 1.89 bits per heavy atom. The number of benzene rings is 2. The van der Waals surface area contributed by atoms with Crippen molar-refractivity contribution in [3.63, 3.8) is 0 Å². The van der Waals surface area contributed by atoms with Crippen LogP contribution in [-0.2, 0) is 4.79 Å². The van der Waals surface area contributed by atoms with Crippen molar-refractivity contribution in [1.29, 1.82) is 0 Å². The minimum absolute atomic E-state index is 0.126. The van der Waals surface area contributed by atoms with Crippen molar-refractivity contribution in [2.45, 2.75) is 19.9 Å². The van der Waals surface area contributed by atoms with E-state index in [2.05, 4.69) is 15.8 Å². The number of nitrogens with one attached hydrogen (secondary N) is 2. The van der Waals surface area contributed by atoms with Crippen molar-refractivity contribution in [3.8, 4) is 11.5 Å². The molecule has 0 saturated heterocycles. The van der Waals surface area contributed by atoms with Gasteiger partial charge in [-0.25, -0.2) is 5.43 Å². The van der Waals surface area contributed by atoms with Gasteiger partial charge in [0, 0.05) is 16.1 Å². The predicted molar refractivity (Wildman–Crippen MR) is 106 cm³/mol. The minimum Gasteiger partial charge on any atom is -0.454 e. The lowest BCUT2D eigenvalue weighted by molar-refractivity contribution is -0.123. The maximum atomic E-state index is 12.6. The van der Waals surface area contributed by atoms with E-state index in [1.165, 1.54) is 6.21 Å². The SMILES string of the molecule is CC(C)C(NC(=O)c1ccc2c(c1)OCO2)C(=O)N/N=C/c1ccccc1Cl. The average Bonchev–Trinajstić information content (AvgIpc) is 3.14. The highest BCUT2D eigenvalue weighted by molar-refractivity contribution is 6.33. The summed E-state index contributed by atoms with van der Waals surface area (Å²) in [5.74, 6) is 0.134. The zero-order valence-electron chi connectivity index (χ0n) is 15.4. The van der Waals surface area contributed by atoms with Gasteiger partial charge in [-0.2, -0.15) is 5.10 Å². The molecule has 0 aromatic heterocycles. The van der Waals surface area contributed by atoms with Crippen molar-refractivity contribution in [2.75, 3.05) is 6.79 Å². The van der Waals surface area contributed by atoms with Gasteiger partial charge in [-0.3, -0.25) is 9.59 Å². The summed E-state index contributed by atoms with van der Waals surface area (Å²) in [5, 5.41) is 7.20. The van der Waals surface area contributed by atoms with Gasteiger partial charge in [0.1, 0.15) is 6.04 Å². The lowest BCUT2D eigenvalue weighted by Gasteiger charge is -2.20. The fourth-order valence-corrected chi connectivity index (χ4v) is 2.80. The van der Waals surface area contributed by atoms with Crippen LogP contribution in [-0.4, -0.2) is 30.9 Å². The fourth-order valence-electron chi connectivity index (χ4n) is 2.61. The molecule has 0 saturated carbocycles. The Hall–Kier alpha value is -3.06. The van der Waals surface area contributed by atoms with Crippen LogP contribution < -0.4 is 20.2 Å². The summed E-state index contributed by atoms with van der Waals surface area (Å²) in [5.41, 5.74) is 3.50. The Balaban J connectivity index is 1.64. The average molecular weight is 402 g/mol. The van der Waals surface area contributed by atoms with E-state index in [9.17, 15) is 9.59 Å². The topological polar surface area (TPSA) is 89.0 Å². The summed E-state index contributed by atoms with van der Waals surface area (Å²) in [7, 11) is 0. The standard InChI is InChI=1S/C20H20ClN3O4/c1-12(2)18(20(26)24-22-10-14-5-3-4-6-15(14)21)23-19(25)13-7-8-16-17(9-13)28-11-27-16/h3-10,12,18H,11H2,1-2H3,(H,23,25)(H,24,26)/b22-10+. The Morgan fingerprint density at radius 3 is 2.64 bits per heavy atom. The quantitative estimate of drug-likeness (QED) is 0.575. The van der Waals surface area contributed by atoms with E-state index in [0.29, 0.717) is 27.6 Å². The van der Waals surface area contributed by atoms with Crippen LogP contribution in [0.5, 0.6) is 11.5 Å². The second-order valence-corrected chi connectivity index (χ2v) is 6.93. The van der Waals surface area contributed by atoms with E-state index in [1.807, 2.05) is 19.9 Å². The summed E-state index contributed by atoms with van der Waals surface area (Å²) >= 11 is 6.05. The second kappa shape index (κ2) is 8.75. The van der Waals surface area contributed by atoms with Crippen LogP contribution in [0.3, 0.4) is 0 Å². The number of fused-ring (bicyclic) bond motifs is 1. The second-order valence-electron chi connectivity index (χ2n) is 6.52. The van der Waals surface area contributed by atoms with Gasteiger partial charge in [0.15, 0.2) is 11.5 Å². The number of ether oxygens (including phenoxy) is 2. The third kappa shape index (κ3) is 4.61. The van der Waals surface area contributed by atoms with Crippen molar-refractivity contribution in [3.05, 3.63) is 58.6 Å². The fraction of sp³-hybridized carbons (Fsp3) is 0.250. The number of amides is 2. The molecule has 1 aliphatic rings. The smallest absolute Gasteiger partial charge is 0.262 e. The molecule has 2 aromatic carbocycles. The zero-order valence-corrected chi connectivity index (χ0v) is 16.2. The first-order chi connectivity index (χ1) is 13.5. The number of hydrazone groups is 1. The Bertz CT molecular complexity index is 914. The van der Waals surface area contributed by atoms with Gasteiger partial charge >= 0.3 is 0 Å². The molecule has 28 heavy (non-hydrogen) atoms. The Morgan fingerprint density at radius 1 is 1.14 bits per heavy atom. The van der Waals surface area contributed by atoms with Crippen LogP contribution in [0, 0.1) is 5.92 Å². The van der Waals surface area contributed by atoms with Gasteiger partial charge in [-0.05, 0) is 30.2 Å². The highest BCUT2D eigenvalue weighted by Crippen LogP contribution is 2.32. The molecule has 0 aliphatic carbocycles. The molecule has 1 unspecified atom stereocenters. The summed E-state index contributed by atoms with van der Waals surface area (Å²) in [6, 6.07) is 11.2. The zero-order chi connectivity index (χ0) is 20.1. The van der Waals surface area contributed by atoms with Crippen molar-refractivity contribution in [2.24, 2.45) is 11.0 Å². The molecule has 8 heteroatoms. The number of carbonyl (C=O) groups excluding carboxylic acids is 2. The molecule has 1 aliphatic heterocycles. The van der Waals surface area contributed by atoms with E-state index in [4.69, 9.17) is 21.1 Å². The van der Waals surface area contributed by atoms with Gasteiger partial charge < -0.3 is 14.8 Å². The third-order valence-electron chi connectivity index (χ3n) is 4.15. The van der Waals surface area contributed by atoms with Crippen LogP contribution >= 0.6 is 11.6 Å². The van der Waals surface area contributed by atoms with Gasteiger partial charge in [-0.1, -0.05) is 43.6 Å². The van der Waals surface area contributed by atoms with E-state index in [0.717, 1.165) is 0 Å². The molecule has 2 N–H and O–H groups in total. The maximum absolute atomic E-state index is 12.6. The first-order valence-electron chi connectivity index (χ1n) is 8.73. The minimum atomic E-state index is -0.763. The van der Waals surface area contributed by atoms with Crippen molar-refractivity contribution in [1.82, 2.24) is 10.7 Å². The Kier molecular flexibility index (Phi) is 6.16. The van der Waals surface area contributed by atoms with Crippen molar-refractivity contribution < 1.29 is 19.1 Å². The molecule has 0 fully saturated rings. The molecule has 2 amide bonds. The molecular formula is C20H20ClN3O4.